The molecule has 0 amide bonds. The van der Waals surface area contributed by atoms with E-state index in [0.717, 1.165) is 20.5 Å². The molecule has 1 fully saturated rings. The third kappa shape index (κ3) is 6.22. The lowest BCUT2D eigenvalue weighted by Crippen LogP contribution is -2.68. The summed E-state index contributed by atoms with van der Waals surface area (Å²) < 4.78 is 21.8. The molecule has 4 aromatic rings. The molecule has 43 heavy (non-hydrogen) atoms. The second-order valence-corrected chi connectivity index (χ2v) is 16.3. The van der Waals surface area contributed by atoms with Gasteiger partial charge < -0.3 is 19.0 Å². The van der Waals surface area contributed by atoms with Crippen molar-refractivity contribution in [3.8, 4) is 0 Å². The number of benzene rings is 3. The molecule has 1 N–H and O–H groups in total. The lowest BCUT2D eigenvalue weighted by atomic mass is 10.2. The van der Waals surface area contributed by atoms with Gasteiger partial charge in [0.2, 0.25) is 0 Å². The minimum atomic E-state index is -2.95. The largest absolute Gasteiger partial charge is 0.402 e. The van der Waals surface area contributed by atoms with Crippen molar-refractivity contribution in [1.82, 2.24) is 9.13 Å². The summed E-state index contributed by atoms with van der Waals surface area (Å²) in [5.41, 5.74) is 0.391. The van der Waals surface area contributed by atoms with Crippen LogP contribution in [-0.4, -0.2) is 41.4 Å². The molecule has 9 heteroatoms. The van der Waals surface area contributed by atoms with Gasteiger partial charge in [-0.3, -0.25) is 9.36 Å². The molecule has 0 saturated carbocycles. The summed E-state index contributed by atoms with van der Waals surface area (Å²) in [6.45, 7) is 8.06. The van der Waals surface area contributed by atoms with Crippen LogP contribution in [0.5, 0.6) is 0 Å². The molecule has 1 saturated heterocycles. The first kappa shape index (κ1) is 30.8. The predicted molar refractivity (Wildman–Crippen MR) is 169 cm³/mol. The van der Waals surface area contributed by atoms with Crippen LogP contribution in [0, 0.1) is 6.92 Å². The maximum atomic E-state index is 13.6. The summed E-state index contributed by atoms with van der Waals surface area (Å²) in [5.74, 6) is 0. The number of aliphatic hydroxyl groups excluding tert-OH is 1. The average molecular weight is 601 g/mol. The van der Waals surface area contributed by atoms with E-state index in [0.29, 0.717) is 12.0 Å². The second-order valence-electron chi connectivity index (χ2n) is 12.1. The van der Waals surface area contributed by atoms with Crippen LogP contribution in [-0.2, 0) is 27.2 Å². The fourth-order valence-corrected chi connectivity index (χ4v) is 10.7. The summed E-state index contributed by atoms with van der Waals surface area (Å²) in [6.07, 6.45) is -0.0230. The molecule has 0 spiro atoms. The third-order valence-corrected chi connectivity index (χ3v) is 13.2. The van der Waals surface area contributed by atoms with Gasteiger partial charge >= 0.3 is 5.69 Å². The van der Waals surface area contributed by atoms with Gasteiger partial charge in [-0.05, 0) is 27.9 Å². The normalized spacial score (nSPS) is 19.0. The highest BCUT2D eigenvalue weighted by molar-refractivity contribution is 6.99. The van der Waals surface area contributed by atoms with Gasteiger partial charge in [-0.25, -0.2) is 9.36 Å². The van der Waals surface area contributed by atoms with E-state index >= 15 is 0 Å². The first-order valence-corrected chi connectivity index (χ1v) is 16.6. The van der Waals surface area contributed by atoms with E-state index in [-0.39, 0.29) is 25.0 Å². The summed E-state index contributed by atoms with van der Waals surface area (Å²) in [7, 11) is -2.95. The number of ether oxygens (including phenoxy) is 2. The molecule has 0 bridgehead atoms. The van der Waals surface area contributed by atoms with Crippen LogP contribution in [0.1, 0.15) is 44.5 Å². The Labute approximate surface area is 253 Å². The minimum absolute atomic E-state index is 0.188. The molecule has 0 radical (unpaired) electrons. The van der Waals surface area contributed by atoms with Crippen LogP contribution in [0.4, 0.5) is 0 Å². The lowest BCUT2D eigenvalue weighted by Gasteiger charge is -2.45. The van der Waals surface area contributed by atoms with Gasteiger partial charge in [-0.15, -0.1) is 0 Å². The van der Waals surface area contributed by atoms with Gasteiger partial charge in [0.15, 0.2) is 0 Å². The molecule has 0 unspecified atom stereocenters. The van der Waals surface area contributed by atoms with Gasteiger partial charge in [-0.1, -0.05) is 112 Å². The maximum absolute atomic E-state index is 13.6. The van der Waals surface area contributed by atoms with Crippen molar-refractivity contribution < 1.29 is 19.0 Å². The molecule has 226 valence electrons. The Bertz CT molecular complexity index is 1580. The predicted octanol–water partition coefficient (Wildman–Crippen LogP) is 3.72. The number of hydrogen-bond acceptors (Lipinski definition) is 6. The SMILES string of the molecule is Cc1cn([C@H]2C[C@H](O[Si](c3ccccc3)(c3ccccc3)C(C)(C)C)[C@@H](CO)O2)c(=O)n(COCc2ccccc2)c1=O. The Morgan fingerprint density at radius 1 is 0.907 bits per heavy atom. The fraction of sp³-hybridized carbons (Fsp3) is 0.353. The molecule has 2 heterocycles. The van der Waals surface area contributed by atoms with Crippen molar-refractivity contribution in [3.63, 3.8) is 0 Å². The Hall–Kier alpha value is -3.60. The zero-order valence-electron chi connectivity index (χ0n) is 25.2. The van der Waals surface area contributed by atoms with Crippen LogP contribution >= 0.6 is 0 Å². The number of aliphatic hydroxyl groups is 1. The van der Waals surface area contributed by atoms with Gasteiger partial charge in [0.1, 0.15) is 19.1 Å². The molecular formula is C34H40N2O6Si. The van der Waals surface area contributed by atoms with Gasteiger partial charge in [0, 0.05) is 18.2 Å². The van der Waals surface area contributed by atoms with Crippen molar-refractivity contribution in [2.24, 2.45) is 0 Å². The second kappa shape index (κ2) is 12.9. The minimum Gasteiger partial charge on any atom is -0.402 e. The Balaban J connectivity index is 1.48. The monoisotopic (exact) mass is 600 g/mol. The molecule has 3 atom stereocenters. The van der Waals surface area contributed by atoms with Crippen LogP contribution in [0.15, 0.2) is 107 Å². The van der Waals surface area contributed by atoms with Crippen LogP contribution < -0.4 is 21.6 Å². The van der Waals surface area contributed by atoms with E-state index in [2.05, 4.69) is 45.0 Å². The smallest absolute Gasteiger partial charge is 0.335 e. The Morgan fingerprint density at radius 3 is 2.00 bits per heavy atom. The van der Waals surface area contributed by atoms with Crippen molar-refractivity contribution >= 4 is 18.7 Å². The molecule has 1 aromatic heterocycles. The van der Waals surface area contributed by atoms with E-state index in [9.17, 15) is 14.7 Å². The molecule has 5 rings (SSSR count). The average Bonchev–Trinajstić information content (AvgIpc) is 3.42. The Kier molecular flexibility index (Phi) is 9.29. The molecule has 8 nitrogen and oxygen atoms in total. The highest BCUT2D eigenvalue weighted by Gasteiger charge is 2.53. The van der Waals surface area contributed by atoms with E-state index in [1.807, 2.05) is 66.7 Å². The molecular weight excluding hydrogens is 560 g/mol. The van der Waals surface area contributed by atoms with E-state index < -0.39 is 38.0 Å². The highest BCUT2D eigenvalue weighted by atomic mass is 28.4. The molecule has 3 aromatic carbocycles. The first-order chi connectivity index (χ1) is 20.7. The van der Waals surface area contributed by atoms with Crippen molar-refractivity contribution in [3.05, 3.63) is 129 Å². The fourth-order valence-electron chi connectivity index (χ4n) is 5.98. The van der Waals surface area contributed by atoms with Gasteiger partial charge in [-0.2, -0.15) is 0 Å². The summed E-state index contributed by atoms with van der Waals surface area (Å²) >= 11 is 0. The summed E-state index contributed by atoms with van der Waals surface area (Å²) in [4.78, 5) is 26.6. The van der Waals surface area contributed by atoms with E-state index in [1.54, 1.807) is 6.92 Å². The lowest BCUT2D eigenvalue weighted by molar-refractivity contribution is -0.0448. The van der Waals surface area contributed by atoms with Crippen LogP contribution in [0.25, 0.3) is 0 Å². The van der Waals surface area contributed by atoms with Crippen molar-refractivity contribution in [2.75, 3.05) is 6.61 Å². The zero-order chi connectivity index (χ0) is 30.6. The maximum Gasteiger partial charge on any atom is 0.335 e. The number of aryl methyl sites for hydroxylation is 1. The van der Waals surface area contributed by atoms with Crippen LogP contribution in [0.2, 0.25) is 5.04 Å². The topological polar surface area (TPSA) is 91.9 Å². The van der Waals surface area contributed by atoms with E-state index in [1.165, 1.54) is 10.8 Å². The van der Waals surface area contributed by atoms with Crippen LogP contribution in [0.3, 0.4) is 0 Å². The zero-order valence-corrected chi connectivity index (χ0v) is 26.2. The third-order valence-electron chi connectivity index (χ3n) is 8.11. The van der Waals surface area contributed by atoms with Crippen molar-refractivity contribution in [1.29, 1.82) is 0 Å². The highest BCUT2D eigenvalue weighted by Crippen LogP contribution is 2.41. The molecule has 1 aliphatic rings. The molecule has 0 aliphatic carbocycles. The van der Waals surface area contributed by atoms with Crippen molar-refractivity contribution in [2.45, 2.75) is 70.9 Å². The summed E-state index contributed by atoms with van der Waals surface area (Å²) in [5, 5.41) is 12.4. The Morgan fingerprint density at radius 2 is 1.47 bits per heavy atom. The number of aromatic nitrogens is 2. The quantitative estimate of drug-likeness (QED) is 0.279. The van der Waals surface area contributed by atoms with Gasteiger partial charge in [0.25, 0.3) is 13.9 Å². The number of hydrogen-bond donors (Lipinski definition) is 1. The first-order valence-electron chi connectivity index (χ1n) is 14.6. The van der Waals surface area contributed by atoms with E-state index in [4.69, 9.17) is 13.9 Å². The number of nitrogens with zero attached hydrogens (tertiary/aromatic N) is 2. The van der Waals surface area contributed by atoms with Gasteiger partial charge in [0.05, 0.1) is 19.3 Å². The standard InChI is InChI=1S/C34H40N2O6Si/c1-25-21-35(33(39)36(32(25)38)24-40-23-26-14-8-5-9-15-26)31-20-29(30(22-37)41-31)42-43(34(2,3)4,27-16-10-6-11-17-27)28-18-12-7-13-19-28/h5-19,21,29-31,37H,20,22-24H2,1-4H3/t29-,30+,31+/m0/s1. The molecule has 1 aliphatic heterocycles. The summed E-state index contributed by atoms with van der Waals surface area (Å²) in [6, 6.07) is 30.1. The number of rotatable bonds is 10.